The van der Waals surface area contributed by atoms with Crippen LogP contribution in [0, 0.1) is 11.3 Å². The summed E-state index contributed by atoms with van der Waals surface area (Å²) in [5.74, 6) is 0.599. The van der Waals surface area contributed by atoms with Gasteiger partial charge in [0.05, 0.1) is 18.2 Å². The molecule has 3 aromatic carbocycles. The van der Waals surface area contributed by atoms with Gasteiger partial charge in [0.15, 0.2) is 5.78 Å². The zero-order valence-corrected chi connectivity index (χ0v) is 30.9. The molecule has 0 radical (unpaired) electrons. The van der Waals surface area contributed by atoms with Crippen LogP contribution in [0.4, 0.5) is 4.79 Å². The molecule has 0 saturated heterocycles. The minimum absolute atomic E-state index is 0.00911. The fourth-order valence-electron chi connectivity index (χ4n) is 9.14. The molecule has 3 aromatic rings. The van der Waals surface area contributed by atoms with Crippen molar-refractivity contribution in [1.82, 2.24) is 4.90 Å². The monoisotopic (exact) mass is 695 g/mol. The van der Waals surface area contributed by atoms with E-state index in [1.54, 1.807) is 12.0 Å². The van der Waals surface area contributed by atoms with Crippen molar-refractivity contribution in [2.24, 2.45) is 11.3 Å². The van der Waals surface area contributed by atoms with Gasteiger partial charge in [-0.15, -0.1) is 0 Å². The molecule has 4 atom stereocenters. The van der Waals surface area contributed by atoms with Gasteiger partial charge in [0.2, 0.25) is 0 Å². The smallest absolute Gasteiger partial charge is 0.410 e. The molecule has 1 amide bonds. The number of ketones is 1. The summed E-state index contributed by atoms with van der Waals surface area (Å²) in [6.07, 6.45) is 11.7. The van der Waals surface area contributed by atoms with Gasteiger partial charge in [0, 0.05) is 37.2 Å². The topological polar surface area (TPSA) is 96.3 Å². The van der Waals surface area contributed by atoms with Gasteiger partial charge in [-0.25, -0.2) is 4.79 Å². The number of ether oxygens (including phenoxy) is 2. The molecule has 0 aliphatic heterocycles. The number of hydrogen-bond donors (Lipinski definition) is 2. The fraction of sp³-hybridized carbons (Fsp3) is 0.545. The van der Waals surface area contributed by atoms with Gasteiger partial charge >= 0.3 is 6.09 Å². The molecule has 7 heteroatoms. The van der Waals surface area contributed by atoms with E-state index in [1.165, 1.54) is 12.0 Å². The van der Waals surface area contributed by atoms with Crippen LogP contribution in [0.25, 0.3) is 10.8 Å². The van der Waals surface area contributed by atoms with Crippen LogP contribution in [0.3, 0.4) is 0 Å². The number of fused-ring (bicyclic) bond motifs is 9. The highest BCUT2D eigenvalue weighted by atomic mass is 16.6. The van der Waals surface area contributed by atoms with E-state index < -0.39 is 23.2 Å². The third kappa shape index (κ3) is 8.42. The van der Waals surface area contributed by atoms with E-state index in [0.29, 0.717) is 57.4 Å². The molecule has 2 saturated carbocycles. The van der Waals surface area contributed by atoms with Crippen molar-refractivity contribution in [3.63, 3.8) is 0 Å². The van der Waals surface area contributed by atoms with Crippen LogP contribution in [0.1, 0.15) is 118 Å². The predicted octanol–water partition coefficient (Wildman–Crippen LogP) is 9.18. The van der Waals surface area contributed by atoms with Gasteiger partial charge in [0.25, 0.3) is 0 Å². The molecule has 51 heavy (non-hydrogen) atoms. The lowest BCUT2D eigenvalue weighted by atomic mass is 9.64. The molecular weight excluding hydrogens is 638 g/mol. The van der Waals surface area contributed by atoms with E-state index in [2.05, 4.69) is 38.1 Å². The van der Waals surface area contributed by atoms with E-state index in [4.69, 9.17) is 9.47 Å². The van der Waals surface area contributed by atoms with Crippen molar-refractivity contribution in [1.29, 1.82) is 0 Å². The van der Waals surface area contributed by atoms with E-state index >= 15 is 0 Å². The molecule has 7 rings (SSSR count). The standard InChI is InChI=1S/C44H57NO6/c1-31-11-9-23-43(2)40(38-21-17-32(27-36(46)19-16-31)28-39(38)41(47)34-13-5-4-6-14-34)22-24-44(43,49)30-45(25-10-26-50-3)42(48)51-37-20-18-33-12-7-8-15-35(33)29-37/h7-8,11-12,15,17-18,20-21,28-29,34,36,40,46,49H,4-6,9-10,13-14,16,19,22-27,30H2,1-3H3. The minimum atomic E-state index is -1.23. The minimum Gasteiger partial charge on any atom is -0.410 e. The highest BCUT2D eigenvalue weighted by molar-refractivity contribution is 5.99. The first-order chi connectivity index (χ1) is 24.6. The number of carbonyl (C=O) groups is 2. The number of Topliss-reactive ketones (excluding diaryl/α,β-unsaturated/α-hetero) is 1. The summed E-state index contributed by atoms with van der Waals surface area (Å²) in [5.41, 5.74) is 2.12. The van der Waals surface area contributed by atoms with E-state index in [1.807, 2.05) is 42.5 Å². The largest absolute Gasteiger partial charge is 0.415 e. The summed E-state index contributed by atoms with van der Waals surface area (Å²) >= 11 is 0. The predicted molar refractivity (Wildman–Crippen MR) is 202 cm³/mol. The second-order valence-corrected chi connectivity index (χ2v) is 15.8. The van der Waals surface area contributed by atoms with Gasteiger partial charge in [0.1, 0.15) is 5.75 Å². The summed E-state index contributed by atoms with van der Waals surface area (Å²) < 4.78 is 11.4. The maximum Gasteiger partial charge on any atom is 0.415 e. The van der Waals surface area contributed by atoms with Gasteiger partial charge in [-0.1, -0.05) is 80.3 Å². The van der Waals surface area contributed by atoms with Gasteiger partial charge in [-0.05, 0) is 117 Å². The van der Waals surface area contributed by atoms with Crippen molar-refractivity contribution in [3.05, 3.63) is 89.0 Å². The first-order valence-corrected chi connectivity index (χ1v) is 19.3. The Kier molecular flexibility index (Phi) is 12.0. The summed E-state index contributed by atoms with van der Waals surface area (Å²) in [6, 6.07) is 19.9. The van der Waals surface area contributed by atoms with Gasteiger partial charge in [-0.2, -0.15) is 0 Å². The summed E-state index contributed by atoms with van der Waals surface area (Å²) in [6.45, 7) is 5.28. The molecule has 0 heterocycles. The van der Waals surface area contributed by atoms with Crippen molar-refractivity contribution in [2.75, 3.05) is 26.8 Å². The Labute approximate surface area is 304 Å². The Morgan fingerprint density at radius 3 is 2.51 bits per heavy atom. The molecule has 7 nitrogen and oxygen atoms in total. The van der Waals surface area contributed by atoms with E-state index in [-0.39, 0.29) is 24.2 Å². The van der Waals surface area contributed by atoms with Crippen LogP contribution in [-0.4, -0.2) is 65.5 Å². The van der Waals surface area contributed by atoms with Crippen LogP contribution in [0.2, 0.25) is 0 Å². The lowest BCUT2D eigenvalue weighted by molar-refractivity contribution is -0.0795. The van der Waals surface area contributed by atoms with Crippen molar-refractivity contribution in [2.45, 2.75) is 115 Å². The van der Waals surface area contributed by atoms with Gasteiger partial charge in [-0.3, -0.25) is 4.79 Å². The highest BCUT2D eigenvalue weighted by Gasteiger charge is 2.58. The van der Waals surface area contributed by atoms with Crippen LogP contribution in [-0.2, 0) is 11.2 Å². The normalized spacial score (nSPS) is 25.9. The number of nitrogens with zero attached hydrogens (tertiary/aromatic N) is 1. The van der Waals surface area contributed by atoms with Crippen LogP contribution >= 0.6 is 0 Å². The third-order valence-corrected chi connectivity index (χ3v) is 12.3. The number of benzene rings is 3. The number of allylic oxidation sites excluding steroid dienone is 2. The molecule has 4 aliphatic rings. The molecule has 2 bridgehead atoms. The molecular formula is C44H57NO6. The zero-order valence-electron chi connectivity index (χ0n) is 30.9. The maximum atomic E-state index is 14.4. The molecule has 274 valence electrons. The first-order valence-electron chi connectivity index (χ1n) is 19.3. The third-order valence-electron chi connectivity index (χ3n) is 12.3. The average Bonchev–Trinajstić information content (AvgIpc) is 3.38. The van der Waals surface area contributed by atoms with Crippen molar-refractivity contribution < 1.29 is 29.3 Å². The Morgan fingerprint density at radius 2 is 1.73 bits per heavy atom. The number of aliphatic hydroxyl groups is 2. The van der Waals surface area contributed by atoms with Gasteiger partial charge < -0.3 is 24.6 Å². The van der Waals surface area contributed by atoms with Crippen LogP contribution in [0.5, 0.6) is 5.75 Å². The lowest BCUT2D eigenvalue weighted by Crippen LogP contribution is -2.54. The molecule has 0 aromatic heterocycles. The molecule has 2 fully saturated rings. The van der Waals surface area contributed by atoms with Crippen molar-refractivity contribution >= 4 is 22.6 Å². The Hall–Kier alpha value is -3.52. The molecule has 0 spiro atoms. The van der Waals surface area contributed by atoms with Crippen LogP contribution in [0.15, 0.2) is 72.3 Å². The Morgan fingerprint density at radius 1 is 0.941 bits per heavy atom. The Balaban J connectivity index is 1.35. The maximum absolute atomic E-state index is 14.4. The fourth-order valence-corrected chi connectivity index (χ4v) is 9.14. The van der Waals surface area contributed by atoms with Crippen LogP contribution < -0.4 is 4.74 Å². The zero-order chi connectivity index (χ0) is 36.0. The number of rotatable bonds is 9. The Bertz CT molecular complexity index is 1710. The SMILES string of the molecule is COCCCN(CC1(O)CCC2c3ccc(cc3C(=O)C3CCCCC3)CC(O)CCC(C)=CCCC21C)C(=O)Oc1ccc2ccccc2c1. The van der Waals surface area contributed by atoms with E-state index in [0.717, 1.165) is 66.0 Å². The average molecular weight is 696 g/mol. The second-order valence-electron chi connectivity index (χ2n) is 15.8. The number of amides is 1. The van der Waals surface area contributed by atoms with E-state index in [9.17, 15) is 19.8 Å². The first kappa shape index (κ1) is 37.2. The summed E-state index contributed by atoms with van der Waals surface area (Å²) in [7, 11) is 1.65. The molecule has 4 aliphatic carbocycles. The highest BCUT2D eigenvalue weighted by Crippen LogP contribution is 2.59. The quantitative estimate of drug-likeness (QED) is 0.132. The summed E-state index contributed by atoms with van der Waals surface area (Å²) in [5, 5.41) is 26.0. The second kappa shape index (κ2) is 16.4. The number of carbonyl (C=O) groups excluding carboxylic acids is 2. The number of methoxy groups -OCH3 is 1. The molecule has 2 N–H and O–H groups in total. The molecule has 4 unspecified atom stereocenters. The van der Waals surface area contributed by atoms with Crippen molar-refractivity contribution in [3.8, 4) is 5.75 Å². The number of hydrogen-bond acceptors (Lipinski definition) is 6. The summed E-state index contributed by atoms with van der Waals surface area (Å²) in [4.78, 5) is 30.0. The lowest BCUT2D eigenvalue weighted by Gasteiger charge is -2.46. The number of aliphatic hydroxyl groups excluding tert-OH is 1.